The van der Waals surface area contributed by atoms with E-state index in [0.717, 1.165) is 19.6 Å². The van der Waals surface area contributed by atoms with Crippen LogP contribution in [-0.4, -0.2) is 54.5 Å². The van der Waals surface area contributed by atoms with Gasteiger partial charge in [0.15, 0.2) is 6.61 Å². The molecule has 1 heterocycles. The minimum absolute atomic E-state index is 0.184. The van der Waals surface area contributed by atoms with E-state index < -0.39 is 5.97 Å². The first-order valence-corrected chi connectivity index (χ1v) is 8.87. The number of amides is 1. The molecular weight excluding hydrogens is 342 g/mol. The SMILES string of the molecule is N#Cc1ccc(C(=O)OCC(=O)N2CCN(Cc3ccccc3)CC2)cc1. The smallest absolute Gasteiger partial charge is 0.338 e. The van der Waals surface area contributed by atoms with Crippen molar-refractivity contribution < 1.29 is 14.3 Å². The van der Waals surface area contributed by atoms with Gasteiger partial charge in [-0.15, -0.1) is 0 Å². The second-order valence-electron chi connectivity index (χ2n) is 6.41. The number of hydrogen-bond acceptors (Lipinski definition) is 5. The first-order chi connectivity index (χ1) is 13.2. The molecule has 1 amide bonds. The first kappa shape index (κ1) is 18.6. The summed E-state index contributed by atoms with van der Waals surface area (Å²) in [5.74, 6) is -0.744. The number of ether oxygens (including phenoxy) is 1. The molecule has 0 spiro atoms. The molecule has 0 atom stereocenters. The molecule has 1 fully saturated rings. The van der Waals surface area contributed by atoms with Crippen LogP contribution in [-0.2, 0) is 16.1 Å². The zero-order chi connectivity index (χ0) is 19.1. The molecule has 0 bridgehead atoms. The van der Waals surface area contributed by atoms with Crippen molar-refractivity contribution in [1.82, 2.24) is 9.80 Å². The maximum atomic E-state index is 12.3. The van der Waals surface area contributed by atoms with Crippen molar-refractivity contribution in [2.75, 3.05) is 32.8 Å². The van der Waals surface area contributed by atoms with Crippen LogP contribution in [0.4, 0.5) is 0 Å². The summed E-state index contributed by atoms with van der Waals surface area (Å²) < 4.78 is 5.11. The monoisotopic (exact) mass is 363 g/mol. The molecule has 1 saturated heterocycles. The average molecular weight is 363 g/mol. The number of nitriles is 1. The van der Waals surface area contributed by atoms with E-state index in [1.165, 1.54) is 17.7 Å². The molecule has 27 heavy (non-hydrogen) atoms. The average Bonchev–Trinajstić information content (AvgIpc) is 2.73. The molecule has 2 aromatic carbocycles. The third-order valence-corrected chi connectivity index (χ3v) is 4.55. The van der Waals surface area contributed by atoms with Gasteiger partial charge in [-0.1, -0.05) is 30.3 Å². The fraction of sp³-hybridized carbons (Fsp3) is 0.286. The summed E-state index contributed by atoms with van der Waals surface area (Å²) in [4.78, 5) is 28.3. The molecule has 0 N–H and O–H groups in total. The van der Waals surface area contributed by atoms with Gasteiger partial charge < -0.3 is 9.64 Å². The second-order valence-corrected chi connectivity index (χ2v) is 6.41. The van der Waals surface area contributed by atoms with Gasteiger partial charge >= 0.3 is 5.97 Å². The lowest BCUT2D eigenvalue weighted by Crippen LogP contribution is -2.49. The van der Waals surface area contributed by atoms with Crippen LogP contribution in [0, 0.1) is 11.3 Å². The highest BCUT2D eigenvalue weighted by Crippen LogP contribution is 2.09. The van der Waals surface area contributed by atoms with Gasteiger partial charge in [-0.05, 0) is 29.8 Å². The van der Waals surface area contributed by atoms with Crippen molar-refractivity contribution in [2.24, 2.45) is 0 Å². The summed E-state index contributed by atoms with van der Waals surface area (Å²) in [6, 6.07) is 18.4. The molecule has 1 aliphatic heterocycles. The van der Waals surface area contributed by atoms with Crippen molar-refractivity contribution in [3.8, 4) is 6.07 Å². The number of benzene rings is 2. The molecule has 0 aromatic heterocycles. The first-order valence-electron chi connectivity index (χ1n) is 8.87. The van der Waals surface area contributed by atoms with Crippen LogP contribution in [0.15, 0.2) is 54.6 Å². The van der Waals surface area contributed by atoms with E-state index in [0.29, 0.717) is 24.2 Å². The molecule has 1 aliphatic rings. The fourth-order valence-electron chi connectivity index (χ4n) is 2.98. The van der Waals surface area contributed by atoms with Crippen molar-refractivity contribution in [3.05, 3.63) is 71.3 Å². The second kappa shape index (κ2) is 8.97. The Balaban J connectivity index is 1.42. The number of esters is 1. The molecule has 0 radical (unpaired) electrons. The summed E-state index contributed by atoms with van der Waals surface area (Å²) in [7, 11) is 0. The van der Waals surface area contributed by atoms with Gasteiger partial charge in [0.2, 0.25) is 0 Å². The lowest BCUT2D eigenvalue weighted by atomic mass is 10.1. The van der Waals surface area contributed by atoms with Crippen LogP contribution in [0.25, 0.3) is 0 Å². The number of hydrogen-bond donors (Lipinski definition) is 0. The quantitative estimate of drug-likeness (QED) is 0.760. The lowest BCUT2D eigenvalue weighted by molar-refractivity contribution is -0.136. The van der Waals surface area contributed by atoms with Crippen molar-refractivity contribution >= 4 is 11.9 Å². The van der Waals surface area contributed by atoms with Gasteiger partial charge in [0, 0.05) is 32.7 Å². The Morgan fingerprint density at radius 1 is 0.963 bits per heavy atom. The molecule has 2 aromatic rings. The van der Waals surface area contributed by atoms with E-state index in [9.17, 15) is 9.59 Å². The summed E-state index contributed by atoms with van der Waals surface area (Å²) in [5, 5.41) is 8.77. The summed E-state index contributed by atoms with van der Waals surface area (Å²) in [6.07, 6.45) is 0. The van der Waals surface area contributed by atoms with Crippen molar-refractivity contribution in [3.63, 3.8) is 0 Å². The third-order valence-electron chi connectivity index (χ3n) is 4.55. The maximum absolute atomic E-state index is 12.3. The van der Waals surface area contributed by atoms with Gasteiger partial charge in [0.25, 0.3) is 5.91 Å². The van der Waals surface area contributed by atoms with Gasteiger partial charge in [-0.25, -0.2) is 4.79 Å². The lowest BCUT2D eigenvalue weighted by Gasteiger charge is -2.34. The number of carbonyl (C=O) groups excluding carboxylic acids is 2. The van der Waals surface area contributed by atoms with Crippen LogP contribution in [0.5, 0.6) is 0 Å². The summed E-state index contributed by atoms with van der Waals surface area (Å²) in [6.45, 7) is 3.45. The predicted molar refractivity (Wildman–Crippen MR) is 99.7 cm³/mol. The molecule has 6 nitrogen and oxygen atoms in total. The topological polar surface area (TPSA) is 73.6 Å². The van der Waals surface area contributed by atoms with E-state index in [4.69, 9.17) is 10.00 Å². The normalized spacial score (nSPS) is 14.4. The van der Waals surface area contributed by atoms with Gasteiger partial charge in [0.05, 0.1) is 17.2 Å². The number of carbonyl (C=O) groups is 2. The van der Waals surface area contributed by atoms with Crippen LogP contribution in [0.1, 0.15) is 21.5 Å². The van der Waals surface area contributed by atoms with E-state index in [1.807, 2.05) is 24.3 Å². The Labute approximate surface area is 158 Å². The van der Waals surface area contributed by atoms with E-state index >= 15 is 0 Å². The van der Waals surface area contributed by atoms with E-state index in [1.54, 1.807) is 17.0 Å². The molecule has 3 rings (SSSR count). The largest absolute Gasteiger partial charge is 0.452 e. The van der Waals surface area contributed by atoms with E-state index in [-0.39, 0.29) is 12.5 Å². The molecule has 0 aliphatic carbocycles. The Morgan fingerprint density at radius 3 is 2.26 bits per heavy atom. The van der Waals surface area contributed by atoms with Crippen LogP contribution < -0.4 is 0 Å². The highest BCUT2D eigenvalue weighted by molar-refractivity contribution is 5.91. The van der Waals surface area contributed by atoms with Crippen LogP contribution in [0.2, 0.25) is 0 Å². The minimum atomic E-state index is -0.560. The Hall–Kier alpha value is -3.17. The zero-order valence-electron chi connectivity index (χ0n) is 15.0. The van der Waals surface area contributed by atoms with Gasteiger partial charge in [0.1, 0.15) is 0 Å². The molecular formula is C21H21N3O3. The Bertz CT molecular complexity index is 820. The van der Waals surface area contributed by atoms with Crippen LogP contribution in [0.3, 0.4) is 0 Å². The predicted octanol–water partition coefficient (Wildman–Crippen LogP) is 2.06. The van der Waals surface area contributed by atoms with Gasteiger partial charge in [-0.2, -0.15) is 5.26 Å². The molecule has 138 valence electrons. The standard InChI is InChI=1S/C21H21N3O3/c22-14-17-6-8-19(9-7-17)21(26)27-16-20(25)24-12-10-23(11-13-24)15-18-4-2-1-3-5-18/h1-9H,10-13,15-16H2. The molecule has 0 saturated carbocycles. The Morgan fingerprint density at radius 2 is 1.63 bits per heavy atom. The third kappa shape index (κ3) is 5.16. The van der Waals surface area contributed by atoms with Crippen LogP contribution >= 0.6 is 0 Å². The highest BCUT2D eigenvalue weighted by Gasteiger charge is 2.22. The number of nitrogens with zero attached hydrogens (tertiary/aromatic N) is 3. The maximum Gasteiger partial charge on any atom is 0.338 e. The Kier molecular flexibility index (Phi) is 6.18. The minimum Gasteiger partial charge on any atom is -0.452 e. The summed E-state index contributed by atoms with van der Waals surface area (Å²) >= 11 is 0. The highest BCUT2D eigenvalue weighted by atomic mass is 16.5. The number of rotatable bonds is 5. The van der Waals surface area contributed by atoms with E-state index in [2.05, 4.69) is 17.0 Å². The fourth-order valence-corrected chi connectivity index (χ4v) is 2.98. The van der Waals surface area contributed by atoms with Crippen molar-refractivity contribution in [2.45, 2.75) is 6.54 Å². The number of piperazine rings is 1. The molecule has 6 heteroatoms. The van der Waals surface area contributed by atoms with Crippen molar-refractivity contribution in [1.29, 1.82) is 5.26 Å². The summed E-state index contributed by atoms with van der Waals surface area (Å²) in [5.41, 5.74) is 2.05. The molecule has 0 unspecified atom stereocenters. The zero-order valence-corrected chi connectivity index (χ0v) is 15.0. The van der Waals surface area contributed by atoms with Gasteiger partial charge in [-0.3, -0.25) is 9.69 Å².